The van der Waals surface area contributed by atoms with Crippen LogP contribution in [-0.4, -0.2) is 26.8 Å². The average molecular weight is 286 g/mol. The Labute approximate surface area is 112 Å². The number of imidazole rings is 1. The topological polar surface area (TPSA) is 66.0 Å². The van der Waals surface area contributed by atoms with Gasteiger partial charge in [0.1, 0.15) is 5.82 Å². The van der Waals surface area contributed by atoms with Crippen molar-refractivity contribution in [3.05, 3.63) is 29.6 Å². The van der Waals surface area contributed by atoms with Gasteiger partial charge in [0, 0.05) is 18.6 Å². The fraction of sp³-hybridized carbons (Fsp3) is 0.333. The Morgan fingerprint density at radius 3 is 2.84 bits per heavy atom. The summed E-state index contributed by atoms with van der Waals surface area (Å²) in [4.78, 5) is 17.4. The van der Waals surface area contributed by atoms with Crippen LogP contribution >= 0.6 is 11.8 Å². The lowest BCUT2D eigenvalue weighted by Gasteiger charge is -1.96. The summed E-state index contributed by atoms with van der Waals surface area (Å²) < 4.78 is 26.0. The number of carbonyl (C=O) groups is 1. The van der Waals surface area contributed by atoms with Crippen molar-refractivity contribution in [3.8, 4) is 0 Å². The lowest BCUT2D eigenvalue weighted by molar-refractivity contribution is -0.137. The summed E-state index contributed by atoms with van der Waals surface area (Å²) in [6, 6.07) is 2.13. The van der Waals surface area contributed by atoms with Crippen molar-refractivity contribution in [1.29, 1.82) is 0 Å². The summed E-state index contributed by atoms with van der Waals surface area (Å²) in [6.07, 6.45) is 0.729. The van der Waals surface area contributed by atoms with E-state index >= 15 is 0 Å². The Morgan fingerprint density at radius 2 is 2.11 bits per heavy atom. The van der Waals surface area contributed by atoms with Crippen LogP contribution in [0, 0.1) is 11.6 Å². The van der Waals surface area contributed by atoms with Gasteiger partial charge in [-0.15, -0.1) is 0 Å². The van der Waals surface area contributed by atoms with Crippen LogP contribution in [0.25, 0.3) is 11.0 Å². The van der Waals surface area contributed by atoms with Crippen molar-refractivity contribution in [1.82, 2.24) is 9.97 Å². The van der Waals surface area contributed by atoms with E-state index in [9.17, 15) is 13.6 Å². The Hall–Kier alpha value is -1.63. The number of rotatable bonds is 6. The van der Waals surface area contributed by atoms with E-state index in [1.807, 2.05) is 0 Å². The number of nitrogens with zero attached hydrogens (tertiary/aromatic N) is 1. The zero-order valence-electron chi connectivity index (χ0n) is 9.95. The number of nitrogens with one attached hydrogen (secondary N) is 1. The molecular formula is C12H12F2N2O2S. The maximum Gasteiger partial charge on any atom is 0.303 e. The van der Waals surface area contributed by atoms with Crippen LogP contribution in [0.1, 0.15) is 18.7 Å². The molecule has 0 bridgehead atoms. The van der Waals surface area contributed by atoms with Crippen molar-refractivity contribution in [2.45, 2.75) is 18.6 Å². The smallest absolute Gasteiger partial charge is 0.303 e. The monoisotopic (exact) mass is 286 g/mol. The van der Waals surface area contributed by atoms with Gasteiger partial charge in [0.2, 0.25) is 0 Å². The molecule has 0 radical (unpaired) electrons. The van der Waals surface area contributed by atoms with Crippen molar-refractivity contribution in [3.63, 3.8) is 0 Å². The minimum absolute atomic E-state index is 0.142. The minimum Gasteiger partial charge on any atom is -0.481 e. The first-order chi connectivity index (χ1) is 9.06. The third-order valence-corrected chi connectivity index (χ3v) is 3.55. The number of H-pyrrole nitrogens is 1. The second-order valence-corrected chi connectivity index (χ2v) is 5.12. The van der Waals surface area contributed by atoms with E-state index in [1.165, 1.54) is 11.8 Å². The van der Waals surface area contributed by atoms with E-state index in [1.54, 1.807) is 0 Å². The van der Waals surface area contributed by atoms with E-state index in [-0.39, 0.29) is 6.42 Å². The first kappa shape index (κ1) is 13.8. The molecule has 0 aliphatic carbocycles. The first-order valence-corrected chi connectivity index (χ1v) is 6.85. The molecule has 1 heterocycles. The molecule has 0 atom stereocenters. The van der Waals surface area contributed by atoms with Crippen LogP contribution in [-0.2, 0) is 10.5 Å². The quantitative estimate of drug-likeness (QED) is 0.801. The van der Waals surface area contributed by atoms with Gasteiger partial charge in [-0.3, -0.25) is 4.79 Å². The van der Waals surface area contributed by atoms with E-state index in [0.717, 1.165) is 12.1 Å². The van der Waals surface area contributed by atoms with E-state index in [0.29, 0.717) is 34.8 Å². The van der Waals surface area contributed by atoms with Crippen LogP contribution in [0.15, 0.2) is 12.1 Å². The molecule has 19 heavy (non-hydrogen) atoms. The third-order valence-electron chi connectivity index (χ3n) is 2.49. The van der Waals surface area contributed by atoms with Gasteiger partial charge in [0.25, 0.3) is 0 Å². The summed E-state index contributed by atoms with van der Waals surface area (Å²) in [7, 11) is 0. The molecule has 7 heteroatoms. The SMILES string of the molecule is O=C(O)CCCSCc1nc2cc(F)c(F)cc2[nH]1. The molecule has 2 rings (SSSR count). The second-order valence-electron chi connectivity index (χ2n) is 4.02. The predicted molar refractivity (Wildman–Crippen MR) is 69.0 cm³/mol. The van der Waals surface area contributed by atoms with Gasteiger partial charge in [-0.2, -0.15) is 11.8 Å². The number of benzene rings is 1. The van der Waals surface area contributed by atoms with Gasteiger partial charge in [0.05, 0.1) is 16.8 Å². The number of thioether (sulfide) groups is 1. The van der Waals surface area contributed by atoms with Gasteiger partial charge in [-0.25, -0.2) is 13.8 Å². The summed E-state index contributed by atoms with van der Waals surface area (Å²) in [5.74, 6) is -0.754. The molecule has 102 valence electrons. The van der Waals surface area contributed by atoms with E-state index in [2.05, 4.69) is 9.97 Å². The molecule has 0 aliphatic rings. The summed E-state index contributed by atoms with van der Waals surface area (Å²) >= 11 is 1.53. The fourth-order valence-corrected chi connectivity index (χ4v) is 2.44. The van der Waals surface area contributed by atoms with Crippen LogP contribution in [0.2, 0.25) is 0 Å². The zero-order valence-corrected chi connectivity index (χ0v) is 10.8. The van der Waals surface area contributed by atoms with Crippen molar-refractivity contribution in [2.75, 3.05) is 5.75 Å². The molecule has 4 nitrogen and oxygen atoms in total. The molecule has 2 N–H and O–H groups in total. The van der Waals surface area contributed by atoms with Crippen LogP contribution in [0.3, 0.4) is 0 Å². The average Bonchev–Trinajstić information content (AvgIpc) is 2.71. The van der Waals surface area contributed by atoms with Crippen LogP contribution < -0.4 is 0 Å². The van der Waals surface area contributed by atoms with Crippen molar-refractivity contribution in [2.24, 2.45) is 0 Å². The van der Waals surface area contributed by atoms with E-state index < -0.39 is 17.6 Å². The van der Waals surface area contributed by atoms with E-state index in [4.69, 9.17) is 5.11 Å². The Morgan fingerprint density at radius 1 is 1.37 bits per heavy atom. The number of aromatic nitrogens is 2. The van der Waals surface area contributed by atoms with Crippen molar-refractivity contribution < 1.29 is 18.7 Å². The first-order valence-electron chi connectivity index (χ1n) is 5.69. The highest BCUT2D eigenvalue weighted by Gasteiger charge is 2.08. The number of halogens is 2. The normalized spacial score (nSPS) is 11.1. The van der Waals surface area contributed by atoms with Crippen molar-refractivity contribution >= 4 is 28.8 Å². The lowest BCUT2D eigenvalue weighted by Crippen LogP contribution is -1.95. The highest BCUT2D eigenvalue weighted by Crippen LogP contribution is 2.19. The predicted octanol–water partition coefficient (Wildman–Crippen LogP) is 2.94. The van der Waals surface area contributed by atoms with Gasteiger partial charge < -0.3 is 10.1 Å². The third kappa shape index (κ3) is 3.66. The molecule has 0 saturated carbocycles. The van der Waals surface area contributed by atoms with Gasteiger partial charge in [0.15, 0.2) is 11.6 Å². The summed E-state index contributed by atoms with van der Waals surface area (Å²) in [6.45, 7) is 0. The fourth-order valence-electron chi connectivity index (χ4n) is 1.62. The molecule has 0 unspecified atom stereocenters. The Bertz CT molecular complexity index is 562. The number of aromatic amines is 1. The zero-order chi connectivity index (χ0) is 13.8. The maximum absolute atomic E-state index is 13.0. The largest absolute Gasteiger partial charge is 0.481 e. The highest BCUT2D eigenvalue weighted by molar-refractivity contribution is 7.98. The number of aliphatic carboxylic acids is 1. The molecule has 0 spiro atoms. The number of hydrogen-bond acceptors (Lipinski definition) is 3. The van der Waals surface area contributed by atoms with Gasteiger partial charge >= 0.3 is 5.97 Å². The van der Waals surface area contributed by atoms with Crippen LogP contribution in [0.5, 0.6) is 0 Å². The highest BCUT2D eigenvalue weighted by atomic mass is 32.2. The molecule has 0 aliphatic heterocycles. The standard InChI is InChI=1S/C12H12F2N2O2S/c13-7-4-9-10(5-8(7)14)16-11(15-9)6-19-3-1-2-12(17)18/h4-5H,1-3,6H2,(H,15,16)(H,17,18). The molecule has 1 aromatic heterocycles. The minimum atomic E-state index is -0.917. The number of carboxylic acid groups (broad SMARTS) is 1. The summed E-state index contributed by atoms with van der Waals surface area (Å²) in [5, 5.41) is 8.48. The number of hydrogen-bond donors (Lipinski definition) is 2. The second kappa shape index (κ2) is 6.01. The summed E-state index contributed by atoms with van der Waals surface area (Å²) in [5.41, 5.74) is 0.847. The molecule has 2 aromatic rings. The van der Waals surface area contributed by atoms with Gasteiger partial charge in [-0.1, -0.05) is 0 Å². The Kier molecular flexibility index (Phi) is 4.36. The molecule has 0 fully saturated rings. The molecule has 1 aromatic carbocycles. The maximum atomic E-state index is 13.0. The molecular weight excluding hydrogens is 274 g/mol. The lowest BCUT2D eigenvalue weighted by atomic mass is 10.3. The van der Waals surface area contributed by atoms with Gasteiger partial charge in [-0.05, 0) is 12.2 Å². The molecule has 0 saturated heterocycles. The molecule has 0 amide bonds. The number of carboxylic acids is 1. The Balaban J connectivity index is 1.92. The number of fused-ring (bicyclic) bond motifs is 1. The van der Waals surface area contributed by atoms with Crippen LogP contribution in [0.4, 0.5) is 8.78 Å².